The van der Waals surface area contributed by atoms with Crippen LogP contribution in [0.4, 0.5) is 0 Å². The lowest BCUT2D eigenvalue weighted by Gasteiger charge is -2.24. The van der Waals surface area contributed by atoms with Crippen LogP contribution in [-0.4, -0.2) is 26.3 Å². The predicted octanol–water partition coefficient (Wildman–Crippen LogP) is 1.76. The van der Waals surface area contributed by atoms with E-state index in [0.29, 0.717) is 6.04 Å². The van der Waals surface area contributed by atoms with Crippen molar-refractivity contribution in [2.24, 2.45) is 5.92 Å². The average molecular weight is 261 g/mol. The van der Waals surface area contributed by atoms with E-state index in [4.69, 9.17) is 0 Å². The van der Waals surface area contributed by atoms with Crippen LogP contribution in [0.3, 0.4) is 0 Å². The molecule has 0 aromatic carbocycles. The fourth-order valence-electron chi connectivity index (χ4n) is 2.64. The number of nitrogens with zero attached hydrogens (tertiary/aromatic N) is 4. The molecule has 18 heavy (non-hydrogen) atoms. The van der Waals surface area contributed by atoms with Crippen molar-refractivity contribution in [2.75, 3.05) is 6.54 Å². The molecule has 0 amide bonds. The van der Waals surface area contributed by atoms with Crippen molar-refractivity contribution in [3.05, 3.63) is 17.0 Å². The van der Waals surface area contributed by atoms with Crippen LogP contribution >= 0.6 is 11.3 Å². The van der Waals surface area contributed by atoms with E-state index in [1.165, 1.54) is 12.8 Å². The lowest BCUT2D eigenvalue weighted by Crippen LogP contribution is -2.35. The maximum atomic E-state index is 4.41. The Morgan fingerprint density at radius 2 is 2.28 bits per heavy atom. The Bertz CT molecular complexity index is 583. The first-order chi connectivity index (χ1) is 8.83. The zero-order chi connectivity index (χ0) is 12.1. The van der Waals surface area contributed by atoms with Gasteiger partial charge in [-0.2, -0.15) is 0 Å². The minimum absolute atomic E-state index is 0.411. The summed E-state index contributed by atoms with van der Waals surface area (Å²) in [5.74, 6) is 2.87. The van der Waals surface area contributed by atoms with E-state index in [-0.39, 0.29) is 0 Å². The summed E-state index contributed by atoms with van der Waals surface area (Å²) in [6, 6.07) is 0.411. The molecule has 0 spiro atoms. The van der Waals surface area contributed by atoms with Gasteiger partial charge in [0.15, 0.2) is 11.6 Å². The number of aromatic nitrogens is 4. The molecule has 1 saturated carbocycles. The van der Waals surface area contributed by atoms with E-state index in [1.807, 2.05) is 13.1 Å². The lowest BCUT2D eigenvalue weighted by atomic mass is 10.1. The predicted molar refractivity (Wildman–Crippen MR) is 69.3 cm³/mol. The second-order valence-electron chi connectivity index (χ2n) is 5.05. The molecule has 6 heteroatoms. The number of fused-ring (bicyclic) bond motifs is 1. The standard InChI is InChI=1S/C12H15N5S/c1-7-14-6-9(18-7)11-15-16-12-10(8-2-3-8)13-4-5-17(11)12/h6,8,10,13H,2-5H2,1H3. The maximum absolute atomic E-state index is 4.41. The molecule has 1 fully saturated rings. The van der Waals surface area contributed by atoms with Crippen LogP contribution in [0.2, 0.25) is 0 Å². The number of hydrogen-bond donors (Lipinski definition) is 1. The zero-order valence-electron chi connectivity index (χ0n) is 10.3. The van der Waals surface area contributed by atoms with E-state index >= 15 is 0 Å². The van der Waals surface area contributed by atoms with Gasteiger partial charge in [-0.15, -0.1) is 21.5 Å². The van der Waals surface area contributed by atoms with Gasteiger partial charge in [-0.3, -0.25) is 0 Å². The molecular formula is C12H15N5S. The first-order valence-electron chi connectivity index (χ1n) is 6.42. The van der Waals surface area contributed by atoms with Crippen molar-refractivity contribution in [3.8, 4) is 10.7 Å². The Hall–Kier alpha value is -1.27. The molecule has 2 aliphatic rings. The highest BCUT2D eigenvalue weighted by Gasteiger charge is 2.37. The SMILES string of the molecule is Cc1ncc(-c2nnc3n2CCNC3C2CC2)s1. The summed E-state index contributed by atoms with van der Waals surface area (Å²) >= 11 is 1.69. The third-order valence-corrected chi connectivity index (χ3v) is 4.60. The Morgan fingerprint density at radius 3 is 3.00 bits per heavy atom. The number of hydrogen-bond acceptors (Lipinski definition) is 5. The summed E-state index contributed by atoms with van der Waals surface area (Å²) in [5.41, 5.74) is 0. The molecule has 1 N–H and O–H groups in total. The number of thiazole rings is 1. The fraction of sp³-hybridized carbons (Fsp3) is 0.583. The Kier molecular flexibility index (Phi) is 2.28. The van der Waals surface area contributed by atoms with E-state index in [9.17, 15) is 0 Å². The molecule has 1 unspecified atom stereocenters. The highest BCUT2D eigenvalue weighted by atomic mass is 32.1. The van der Waals surface area contributed by atoms with Gasteiger partial charge in [0.2, 0.25) is 0 Å². The molecule has 0 radical (unpaired) electrons. The van der Waals surface area contributed by atoms with Crippen molar-refractivity contribution in [1.82, 2.24) is 25.1 Å². The van der Waals surface area contributed by atoms with Gasteiger partial charge in [-0.05, 0) is 25.7 Å². The van der Waals surface area contributed by atoms with Gasteiger partial charge in [0, 0.05) is 19.3 Å². The van der Waals surface area contributed by atoms with Crippen LogP contribution in [-0.2, 0) is 6.54 Å². The van der Waals surface area contributed by atoms with Crippen molar-refractivity contribution >= 4 is 11.3 Å². The fourth-order valence-corrected chi connectivity index (χ4v) is 3.41. The normalized spacial score (nSPS) is 23.1. The highest BCUT2D eigenvalue weighted by Crippen LogP contribution is 2.42. The summed E-state index contributed by atoms with van der Waals surface area (Å²) in [6.45, 7) is 3.99. The number of aryl methyl sites for hydroxylation is 1. The third kappa shape index (κ3) is 1.59. The Balaban J connectivity index is 1.77. The molecule has 2 aromatic rings. The molecule has 3 heterocycles. The zero-order valence-corrected chi connectivity index (χ0v) is 11.1. The van der Waals surface area contributed by atoms with Crippen molar-refractivity contribution < 1.29 is 0 Å². The molecule has 4 rings (SSSR count). The van der Waals surface area contributed by atoms with Crippen LogP contribution in [0.1, 0.15) is 29.7 Å². The summed E-state index contributed by atoms with van der Waals surface area (Å²) in [5, 5.41) is 13.4. The van der Waals surface area contributed by atoms with Gasteiger partial charge in [0.25, 0.3) is 0 Å². The second-order valence-corrected chi connectivity index (χ2v) is 6.28. The molecule has 1 aliphatic carbocycles. The molecule has 1 aliphatic heterocycles. The molecule has 2 aromatic heterocycles. The Morgan fingerprint density at radius 1 is 1.39 bits per heavy atom. The Labute approximate surface area is 109 Å². The van der Waals surface area contributed by atoms with E-state index < -0.39 is 0 Å². The lowest BCUT2D eigenvalue weighted by molar-refractivity contribution is 0.383. The van der Waals surface area contributed by atoms with Gasteiger partial charge in [-0.1, -0.05) is 0 Å². The quantitative estimate of drug-likeness (QED) is 0.895. The molecule has 5 nitrogen and oxygen atoms in total. The van der Waals surface area contributed by atoms with Crippen LogP contribution < -0.4 is 5.32 Å². The van der Waals surface area contributed by atoms with Crippen molar-refractivity contribution in [3.63, 3.8) is 0 Å². The molecule has 1 atom stereocenters. The highest BCUT2D eigenvalue weighted by molar-refractivity contribution is 7.14. The smallest absolute Gasteiger partial charge is 0.175 e. The summed E-state index contributed by atoms with van der Waals surface area (Å²) in [6.07, 6.45) is 4.55. The van der Waals surface area contributed by atoms with E-state index in [0.717, 1.165) is 40.5 Å². The van der Waals surface area contributed by atoms with Gasteiger partial charge in [0.1, 0.15) is 0 Å². The monoisotopic (exact) mass is 261 g/mol. The van der Waals surface area contributed by atoms with E-state index in [1.54, 1.807) is 11.3 Å². The topological polar surface area (TPSA) is 55.6 Å². The number of rotatable bonds is 2. The summed E-state index contributed by atoms with van der Waals surface area (Å²) in [4.78, 5) is 5.44. The minimum Gasteiger partial charge on any atom is -0.308 e. The molecule has 0 saturated heterocycles. The van der Waals surface area contributed by atoms with Crippen LogP contribution in [0.25, 0.3) is 10.7 Å². The van der Waals surface area contributed by atoms with Gasteiger partial charge in [0.05, 0.1) is 15.9 Å². The van der Waals surface area contributed by atoms with Gasteiger partial charge >= 0.3 is 0 Å². The van der Waals surface area contributed by atoms with Gasteiger partial charge in [-0.25, -0.2) is 4.98 Å². The molecular weight excluding hydrogens is 246 g/mol. The summed E-state index contributed by atoms with van der Waals surface area (Å²) < 4.78 is 2.27. The van der Waals surface area contributed by atoms with Gasteiger partial charge < -0.3 is 9.88 Å². The van der Waals surface area contributed by atoms with Crippen molar-refractivity contribution in [2.45, 2.75) is 32.4 Å². The van der Waals surface area contributed by atoms with Crippen LogP contribution in [0, 0.1) is 12.8 Å². The van der Waals surface area contributed by atoms with Crippen molar-refractivity contribution in [1.29, 1.82) is 0 Å². The third-order valence-electron chi connectivity index (χ3n) is 3.69. The molecule has 0 bridgehead atoms. The average Bonchev–Trinajstić information content (AvgIpc) is 2.99. The second kappa shape index (κ2) is 3.86. The van der Waals surface area contributed by atoms with Crippen LogP contribution in [0.5, 0.6) is 0 Å². The van der Waals surface area contributed by atoms with E-state index in [2.05, 4.69) is 25.1 Å². The largest absolute Gasteiger partial charge is 0.308 e. The van der Waals surface area contributed by atoms with Crippen LogP contribution in [0.15, 0.2) is 6.20 Å². The first kappa shape index (κ1) is 10.6. The first-order valence-corrected chi connectivity index (χ1v) is 7.24. The number of nitrogens with one attached hydrogen (secondary N) is 1. The summed E-state index contributed by atoms with van der Waals surface area (Å²) in [7, 11) is 0. The minimum atomic E-state index is 0.411. The molecule has 94 valence electrons. The maximum Gasteiger partial charge on any atom is 0.175 e.